The third kappa shape index (κ3) is 1.88. The highest BCUT2D eigenvalue weighted by atomic mass is 16.5. The van der Waals surface area contributed by atoms with E-state index in [4.69, 9.17) is 10.6 Å². The van der Waals surface area contributed by atoms with Crippen molar-refractivity contribution in [3.8, 4) is 0 Å². The average Bonchev–Trinajstić information content (AvgIpc) is 2.63. The number of carbonyl (C=O) groups excluding carboxylic acids is 1. The van der Waals surface area contributed by atoms with E-state index in [2.05, 4.69) is 12.3 Å². The van der Waals surface area contributed by atoms with Gasteiger partial charge in [0.05, 0.1) is 5.56 Å². The number of esters is 1. The maximum Gasteiger partial charge on any atom is 0.339 e. The van der Waals surface area contributed by atoms with Crippen LogP contribution in [0.1, 0.15) is 48.2 Å². The van der Waals surface area contributed by atoms with Crippen LogP contribution < -0.4 is 11.3 Å². The normalized spacial score (nSPS) is 18.1. The van der Waals surface area contributed by atoms with Gasteiger partial charge in [0.2, 0.25) is 0 Å². The van der Waals surface area contributed by atoms with E-state index in [0.717, 1.165) is 30.5 Å². The molecular weight excluding hydrogens is 204 g/mol. The van der Waals surface area contributed by atoms with Gasteiger partial charge in [0.25, 0.3) is 0 Å². The van der Waals surface area contributed by atoms with Crippen LogP contribution in [0.15, 0.2) is 18.2 Å². The lowest BCUT2D eigenvalue weighted by Gasteiger charge is -2.09. The van der Waals surface area contributed by atoms with E-state index in [9.17, 15) is 4.79 Å². The first kappa shape index (κ1) is 11.0. The summed E-state index contributed by atoms with van der Waals surface area (Å²) in [5, 5.41) is 0. The summed E-state index contributed by atoms with van der Waals surface area (Å²) in [5.41, 5.74) is 4.88. The van der Waals surface area contributed by atoms with Crippen molar-refractivity contribution in [3.05, 3.63) is 29.3 Å². The molecular formula is C12H16N2O2. The minimum absolute atomic E-state index is 0.0747. The summed E-state index contributed by atoms with van der Waals surface area (Å²) in [5.74, 6) is 5.06. The molecule has 1 heterocycles. The molecule has 0 radical (unpaired) electrons. The van der Waals surface area contributed by atoms with Crippen molar-refractivity contribution in [3.63, 3.8) is 0 Å². The lowest BCUT2D eigenvalue weighted by atomic mass is 10.0. The maximum atomic E-state index is 11.6. The zero-order valence-corrected chi connectivity index (χ0v) is 9.32. The molecule has 0 fully saturated rings. The van der Waals surface area contributed by atoms with E-state index in [1.54, 1.807) is 6.07 Å². The summed E-state index contributed by atoms with van der Waals surface area (Å²) >= 11 is 0. The van der Waals surface area contributed by atoms with Gasteiger partial charge in [-0.3, -0.25) is 5.84 Å². The molecule has 0 spiro atoms. The summed E-state index contributed by atoms with van der Waals surface area (Å²) in [6.07, 6.45) is 2.99. The molecule has 1 atom stereocenters. The highest BCUT2D eigenvalue weighted by molar-refractivity contribution is 5.95. The molecule has 0 saturated carbocycles. The highest BCUT2D eigenvalue weighted by Crippen LogP contribution is 2.35. The molecule has 0 aromatic heterocycles. The van der Waals surface area contributed by atoms with Gasteiger partial charge < -0.3 is 10.2 Å². The molecule has 1 aromatic carbocycles. The molecule has 1 unspecified atom stereocenters. The Hall–Kier alpha value is -1.55. The van der Waals surface area contributed by atoms with Gasteiger partial charge in [-0.25, -0.2) is 4.79 Å². The van der Waals surface area contributed by atoms with Crippen LogP contribution in [-0.4, -0.2) is 5.97 Å². The lowest BCUT2D eigenvalue weighted by molar-refractivity contribution is 0.0364. The molecule has 0 saturated heterocycles. The van der Waals surface area contributed by atoms with E-state index in [1.165, 1.54) is 0 Å². The quantitative estimate of drug-likeness (QED) is 0.464. The van der Waals surface area contributed by atoms with Crippen molar-refractivity contribution in [1.82, 2.24) is 0 Å². The number of fused-ring (bicyclic) bond motifs is 1. The second-order valence-electron chi connectivity index (χ2n) is 3.98. The Kier molecular flexibility index (Phi) is 3.10. The highest BCUT2D eigenvalue weighted by Gasteiger charge is 2.30. The number of ether oxygens (including phenoxy) is 1. The van der Waals surface area contributed by atoms with Crippen LogP contribution in [0.3, 0.4) is 0 Å². The van der Waals surface area contributed by atoms with Crippen molar-refractivity contribution in [2.75, 3.05) is 5.43 Å². The minimum atomic E-state index is -0.242. The monoisotopic (exact) mass is 220 g/mol. The van der Waals surface area contributed by atoms with Gasteiger partial charge in [-0.2, -0.15) is 0 Å². The Balaban J connectivity index is 2.25. The van der Waals surface area contributed by atoms with Gasteiger partial charge in [-0.15, -0.1) is 0 Å². The number of anilines is 1. The minimum Gasteiger partial charge on any atom is -0.454 e. The van der Waals surface area contributed by atoms with E-state index < -0.39 is 0 Å². The predicted molar refractivity (Wildman–Crippen MR) is 61.9 cm³/mol. The predicted octanol–water partition coefficient (Wildman–Crippen LogP) is 2.37. The van der Waals surface area contributed by atoms with Crippen LogP contribution in [0, 0.1) is 0 Å². The molecule has 1 aromatic rings. The Bertz CT molecular complexity index is 404. The molecule has 0 bridgehead atoms. The Morgan fingerprint density at radius 1 is 1.50 bits per heavy atom. The number of nitrogens with two attached hydrogens (primary N) is 1. The van der Waals surface area contributed by atoms with Gasteiger partial charge in [0.15, 0.2) is 0 Å². The van der Waals surface area contributed by atoms with Crippen molar-refractivity contribution in [1.29, 1.82) is 0 Å². The lowest BCUT2D eigenvalue weighted by Crippen LogP contribution is -2.07. The maximum absolute atomic E-state index is 11.6. The first-order chi connectivity index (χ1) is 7.76. The van der Waals surface area contributed by atoms with Crippen LogP contribution in [0.2, 0.25) is 0 Å². The summed E-state index contributed by atoms with van der Waals surface area (Å²) in [7, 11) is 0. The van der Waals surface area contributed by atoms with Gasteiger partial charge in [0.1, 0.15) is 6.10 Å². The van der Waals surface area contributed by atoms with E-state index in [0.29, 0.717) is 5.56 Å². The number of nitrogen functional groups attached to an aromatic ring is 1. The zero-order valence-electron chi connectivity index (χ0n) is 9.32. The second-order valence-corrected chi connectivity index (χ2v) is 3.98. The van der Waals surface area contributed by atoms with Crippen LogP contribution >= 0.6 is 0 Å². The fourth-order valence-electron chi connectivity index (χ4n) is 1.96. The van der Waals surface area contributed by atoms with Gasteiger partial charge in [-0.05, 0) is 25.0 Å². The van der Waals surface area contributed by atoms with Gasteiger partial charge >= 0.3 is 5.97 Å². The average molecular weight is 220 g/mol. The fraction of sp³-hybridized carbons (Fsp3) is 0.417. The molecule has 2 rings (SSSR count). The van der Waals surface area contributed by atoms with Crippen molar-refractivity contribution >= 4 is 11.7 Å². The largest absolute Gasteiger partial charge is 0.454 e. The third-order valence-corrected chi connectivity index (χ3v) is 2.86. The third-order valence-electron chi connectivity index (χ3n) is 2.86. The summed E-state index contributed by atoms with van der Waals surface area (Å²) in [6.45, 7) is 2.12. The zero-order chi connectivity index (χ0) is 11.5. The number of benzene rings is 1. The van der Waals surface area contributed by atoms with E-state index in [-0.39, 0.29) is 12.1 Å². The summed E-state index contributed by atoms with van der Waals surface area (Å²) in [6, 6.07) is 5.51. The molecule has 16 heavy (non-hydrogen) atoms. The molecule has 1 aliphatic heterocycles. The van der Waals surface area contributed by atoms with Crippen molar-refractivity contribution in [2.24, 2.45) is 5.84 Å². The van der Waals surface area contributed by atoms with Crippen LogP contribution in [0.5, 0.6) is 0 Å². The van der Waals surface area contributed by atoms with Crippen LogP contribution in [0.25, 0.3) is 0 Å². The molecule has 3 N–H and O–H groups in total. The van der Waals surface area contributed by atoms with Crippen LogP contribution in [-0.2, 0) is 4.74 Å². The Morgan fingerprint density at radius 2 is 2.31 bits per heavy atom. The topological polar surface area (TPSA) is 64.3 Å². The van der Waals surface area contributed by atoms with Crippen LogP contribution in [0.4, 0.5) is 5.69 Å². The van der Waals surface area contributed by atoms with Gasteiger partial charge in [0, 0.05) is 11.3 Å². The van der Waals surface area contributed by atoms with Crippen molar-refractivity contribution in [2.45, 2.75) is 32.3 Å². The molecule has 86 valence electrons. The standard InChI is InChI=1S/C12H16N2O2/c1-2-3-4-11-9-6-5-8(14-13)7-10(9)12(15)16-11/h5-7,11,14H,2-4,13H2,1H3. The van der Waals surface area contributed by atoms with Gasteiger partial charge in [-0.1, -0.05) is 19.4 Å². The fourth-order valence-corrected chi connectivity index (χ4v) is 1.96. The Labute approximate surface area is 94.8 Å². The van der Waals surface area contributed by atoms with E-state index in [1.807, 2.05) is 12.1 Å². The molecule has 0 amide bonds. The molecule has 4 heteroatoms. The Morgan fingerprint density at radius 3 is 3.00 bits per heavy atom. The number of cyclic esters (lactones) is 1. The van der Waals surface area contributed by atoms with Crippen molar-refractivity contribution < 1.29 is 9.53 Å². The molecule has 0 aliphatic carbocycles. The number of hydrogen-bond donors (Lipinski definition) is 2. The number of rotatable bonds is 4. The number of carbonyl (C=O) groups is 1. The summed E-state index contributed by atoms with van der Waals surface area (Å²) in [4.78, 5) is 11.6. The van der Waals surface area contributed by atoms with E-state index >= 15 is 0 Å². The first-order valence-corrected chi connectivity index (χ1v) is 5.57. The number of hydrogen-bond acceptors (Lipinski definition) is 4. The number of hydrazine groups is 1. The number of nitrogens with one attached hydrogen (secondary N) is 1. The second kappa shape index (κ2) is 4.53. The number of unbranched alkanes of at least 4 members (excludes halogenated alkanes) is 1. The summed E-state index contributed by atoms with van der Waals surface area (Å²) < 4.78 is 5.33. The first-order valence-electron chi connectivity index (χ1n) is 5.57. The molecule has 1 aliphatic rings. The SMILES string of the molecule is CCCCC1OC(=O)c2cc(NN)ccc21. The molecule has 4 nitrogen and oxygen atoms in total. The smallest absolute Gasteiger partial charge is 0.339 e.